The minimum absolute atomic E-state index is 0.0236. The highest BCUT2D eigenvalue weighted by atomic mass is 35.5. The quantitative estimate of drug-likeness (QED) is 0.717. The molecule has 0 aliphatic heterocycles. The summed E-state index contributed by atoms with van der Waals surface area (Å²) < 4.78 is 1.34. The molecule has 2 heterocycles. The first-order valence-corrected chi connectivity index (χ1v) is 5.91. The number of hydrogen-bond acceptors (Lipinski definition) is 6. The fourth-order valence-electron chi connectivity index (χ4n) is 1.50. The van der Waals surface area contributed by atoms with E-state index in [9.17, 15) is 0 Å². The molecule has 2 aromatic heterocycles. The zero-order chi connectivity index (χ0) is 13.2. The fraction of sp³-hybridized carbons (Fsp3) is 0. The smallest absolute Gasteiger partial charge is 0.187 e. The monoisotopic (exact) mass is 293 g/mol. The van der Waals surface area contributed by atoms with E-state index in [0.717, 1.165) is 5.56 Å². The first-order chi connectivity index (χ1) is 9.24. The Morgan fingerprint density at radius 2 is 1.58 bits per heavy atom. The Bertz CT molecular complexity index is 693. The van der Waals surface area contributed by atoms with Crippen molar-refractivity contribution in [1.29, 1.82) is 0 Å². The van der Waals surface area contributed by atoms with Crippen LogP contribution in [0.25, 0.3) is 17.3 Å². The molecule has 0 aliphatic rings. The molecule has 0 unspecified atom stereocenters. The fourth-order valence-corrected chi connectivity index (χ4v) is 1.85. The lowest BCUT2D eigenvalue weighted by Gasteiger charge is -2.02. The average molecular weight is 294 g/mol. The van der Waals surface area contributed by atoms with Crippen LogP contribution >= 0.6 is 23.2 Å². The van der Waals surface area contributed by atoms with Crippen molar-refractivity contribution in [3.8, 4) is 17.3 Å². The van der Waals surface area contributed by atoms with Crippen LogP contribution < -0.4 is 0 Å². The van der Waals surface area contributed by atoms with Gasteiger partial charge in [0.15, 0.2) is 5.82 Å². The zero-order valence-corrected chi connectivity index (χ0v) is 10.8. The number of rotatable bonds is 2. The molecule has 0 bridgehead atoms. The van der Waals surface area contributed by atoms with Crippen LogP contribution in [0.3, 0.4) is 0 Å². The minimum atomic E-state index is -0.0236. The summed E-state index contributed by atoms with van der Waals surface area (Å²) >= 11 is 11.5. The van der Waals surface area contributed by atoms with Crippen LogP contribution in [-0.4, -0.2) is 35.2 Å². The molecule has 3 aromatic rings. The van der Waals surface area contributed by atoms with Crippen molar-refractivity contribution in [2.75, 3.05) is 0 Å². The number of aromatic nitrogens is 7. The van der Waals surface area contributed by atoms with E-state index in [0.29, 0.717) is 5.82 Å². The normalized spacial score (nSPS) is 10.6. The molecule has 19 heavy (non-hydrogen) atoms. The molecule has 0 N–H and O–H groups in total. The first kappa shape index (κ1) is 11.9. The SMILES string of the molecule is Clc1nc(Cl)nc(-n2nnnc2-c2ccccc2)n1. The van der Waals surface area contributed by atoms with Crippen LogP contribution in [0.1, 0.15) is 0 Å². The molecule has 0 atom stereocenters. The first-order valence-electron chi connectivity index (χ1n) is 5.15. The summed E-state index contributed by atoms with van der Waals surface area (Å²) in [4.78, 5) is 11.6. The molecule has 0 radical (unpaired) electrons. The molecule has 9 heteroatoms. The van der Waals surface area contributed by atoms with E-state index in [2.05, 4.69) is 30.5 Å². The molecule has 0 saturated heterocycles. The second-order valence-electron chi connectivity index (χ2n) is 3.45. The van der Waals surface area contributed by atoms with Crippen LogP contribution in [-0.2, 0) is 0 Å². The van der Waals surface area contributed by atoms with Crippen molar-refractivity contribution >= 4 is 23.2 Å². The summed E-state index contributed by atoms with van der Waals surface area (Å²) in [5.74, 6) is 0.646. The molecule has 94 valence electrons. The van der Waals surface area contributed by atoms with Crippen molar-refractivity contribution in [3.05, 3.63) is 40.9 Å². The van der Waals surface area contributed by atoms with Gasteiger partial charge in [-0.15, -0.1) is 5.10 Å². The Labute approximate surface area is 117 Å². The standard InChI is InChI=1S/C10H5Cl2N7/c11-8-13-9(12)15-10(14-8)19-7(16-17-18-19)6-4-2-1-3-5-6/h1-5H. The van der Waals surface area contributed by atoms with E-state index >= 15 is 0 Å². The summed E-state index contributed by atoms with van der Waals surface area (Å²) in [6.45, 7) is 0. The van der Waals surface area contributed by atoms with Gasteiger partial charge in [0.1, 0.15) is 0 Å². The van der Waals surface area contributed by atoms with Gasteiger partial charge in [0, 0.05) is 5.56 Å². The third-order valence-corrected chi connectivity index (χ3v) is 2.60. The summed E-state index contributed by atoms with van der Waals surface area (Å²) in [7, 11) is 0. The van der Waals surface area contributed by atoms with E-state index in [4.69, 9.17) is 23.2 Å². The van der Waals surface area contributed by atoms with Gasteiger partial charge in [-0.05, 0) is 33.6 Å². The maximum Gasteiger partial charge on any atom is 0.259 e. The van der Waals surface area contributed by atoms with Crippen LogP contribution in [0, 0.1) is 0 Å². The third kappa shape index (κ3) is 2.38. The van der Waals surface area contributed by atoms with Gasteiger partial charge in [0.05, 0.1) is 0 Å². The van der Waals surface area contributed by atoms with E-state index in [1.807, 2.05) is 30.3 Å². The van der Waals surface area contributed by atoms with Gasteiger partial charge >= 0.3 is 0 Å². The number of halogens is 2. The largest absolute Gasteiger partial charge is 0.259 e. The van der Waals surface area contributed by atoms with Gasteiger partial charge in [-0.2, -0.15) is 19.6 Å². The molecule has 3 rings (SSSR count). The lowest BCUT2D eigenvalue weighted by Crippen LogP contribution is -2.06. The lowest BCUT2D eigenvalue weighted by atomic mass is 10.2. The molecule has 7 nitrogen and oxygen atoms in total. The summed E-state index contributed by atoms with van der Waals surface area (Å²) in [5, 5.41) is 11.3. The predicted molar refractivity (Wildman–Crippen MR) is 68.0 cm³/mol. The highest BCUT2D eigenvalue weighted by Gasteiger charge is 2.14. The van der Waals surface area contributed by atoms with Crippen molar-refractivity contribution in [1.82, 2.24) is 35.2 Å². The summed E-state index contributed by atoms with van der Waals surface area (Å²) in [6.07, 6.45) is 0. The van der Waals surface area contributed by atoms with Gasteiger partial charge in [0.25, 0.3) is 5.95 Å². The number of nitrogens with zero attached hydrogens (tertiary/aromatic N) is 7. The molecule has 0 spiro atoms. The Balaban J connectivity index is 2.15. The number of benzene rings is 1. The van der Waals surface area contributed by atoms with E-state index in [1.165, 1.54) is 4.68 Å². The van der Waals surface area contributed by atoms with Crippen LogP contribution in [0.2, 0.25) is 10.6 Å². The maximum absolute atomic E-state index is 5.74. The molecule has 0 aliphatic carbocycles. The Hall–Kier alpha value is -2.12. The lowest BCUT2D eigenvalue weighted by molar-refractivity contribution is 0.744. The molecular formula is C10H5Cl2N7. The van der Waals surface area contributed by atoms with Crippen LogP contribution in [0.15, 0.2) is 30.3 Å². The number of hydrogen-bond donors (Lipinski definition) is 0. The Kier molecular flexibility index (Phi) is 3.06. The average Bonchev–Trinajstić information content (AvgIpc) is 2.88. The highest BCUT2D eigenvalue weighted by molar-refractivity contribution is 6.31. The third-order valence-electron chi connectivity index (χ3n) is 2.26. The molecular weight excluding hydrogens is 289 g/mol. The summed E-state index contributed by atoms with van der Waals surface area (Å²) in [5.41, 5.74) is 0.820. The van der Waals surface area contributed by atoms with Gasteiger partial charge in [-0.1, -0.05) is 30.3 Å². The minimum Gasteiger partial charge on any atom is -0.187 e. The zero-order valence-electron chi connectivity index (χ0n) is 9.27. The van der Waals surface area contributed by atoms with Gasteiger partial charge in [-0.3, -0.25) is 0 Å². The number of tetrazole rings is 1. The predicted octanol–water partition coefficient (Wildman–Crippen LogP) is 1.82. The van der Waals surface area contributed by atoms with E-state index in [1.54, 1.807) is 0 Å². The van der Waals surface area contributed by atoms with Crippen LogP contribution in [0.5, 0.6) is 0 Å². The van der Waals surface area contributed by atoms with Crippen molar-refractivity contribution in [3.63, 3.8) is 0 Å². The van der Waals surface area contributed by atoms with Crippen molar-refractivity contribution in [2.24, 2.45) is 0 Å². The second-order valence-corrected chi connectivity index (χ2v) is 4.13. The topological polar surface area (TPSA) is 82.3 Å². The van der Waals surface area contributed by atoms with E-state index in [-0.39, 0.29) is 16.5 Å². The van der Waals surface area contributed by atoms with E-state index < -0.39 is 0 Å². The van der Waals surface area contributed by atoms with Gasteiger partial charge in [-0.25, -0.2) is 0 Å². The Morgan fingerprint density at radius 3 is 2.26 bits per heavy atom. The Morgan fingerprint density at radius 1 is 0.895 bits per heavy atom. The van der Waals surface area contributed by atoms with Crippen LogP contribution in [0.4, 0.5) is 0 Å². The van der Waals surface area contributed by atoms with Crippen molar-refractivity contribution < 1.29 is 0 Å². The highest BCUT2D eigenvalue weighted by Crippen LogP contribution is 2.18. The summed E-state index contributed by atoms with van der Waals surface area (Å²) in [6, 6.07) is 9.39. The van der Waals surface area contributed by atoms with Gasteiger partial charge < -0.3 is 0 Å². The maximum atomic E-state index is 5.74. The second kappa shape index (κ2) is 4.87. The van der Waals surface area contributed by atoms with Gasteiger partial charge in [0.2, 0.25) is 10.6 Å². The molecule has 0 saturated carbocycles. The molecule has 0 amide bonds. The molecule has 0 fully saturated rings. The van der Waals surface area contributed by atoms with Crippen molar-refractivity contribution in [2.45, 2.75) is 0 Å². The molecule has 1 aromatic carbocycles.